The Kier molecular flexibility index (Phi) is 5.56. The summed E-state index contributed by atoms with van der Waals surface area (Å²) in [6.45, 7) is 6.38. The van der Waals surface area contributed by atoms with Crippen molar-refractivity contribution in [2.75, 3.05) is 23.4 Å². The molecule has 5 nitrogen and oxygen atoms in total. The van der Waals surface area contributed by atoms with E-state index in [9.17, 15) is 4.79 Å². The molecule has 1 heterocycles. The molecule has 3 rings (SSSR count). The average Bonchev–Trinajstić information content (AvgIpc) is 2.64. The second-order valence-electron chi connectivity index (χ2n) is 6.49. The number of carbonyl (C=O) groups excluding carboxylic acids is 1. The fraction of sp³-hybridized carbons (Fsp3) is 0.350. The van der Waals surface area contributed by atoms with Gasteiger partial charge in [-0.3, -0.25) is 0 Å². The van der Waals surface area contributed by atoms with Crippen molar-refractivity contribution in [3.05, 3.63) is 60.2 Å². The van der Waals surface area contributed by atoms with Gasteiger partial charge in [-0.15, -0.1) is 0 Å². The van der Waals surface area contributed by atoms with Gasteiger partial charge in [-0.25, -0.2) is 4.79 Å². The molecule has 0 aromatic heterocycles. The van der Waals surface area contributed by atoms with Crippen molar-refractivity contribution in [3.63, 3.8) is 0 Å². The van der Waals surface area contributed by atoms with Gasteiger partial charge in [0.2, 0.25) is 0 Å². The molecule has 1 fully saturated rings. The number of rotatable bonds is 4. The summed E-state index contributed by atoms with van der Waals surface area (Å²) in [6.07, 6.45) is 0.234. The molecular weight excluding hydrogens is 314 g/mol. The first kappa shape index (κ1) is 17.3. The maximum absolute atomic E-state index is 12.0. The Morgan fingerprint density at radius 3 is 2.56 bits per heavy atom. The molecule has 1 aliphatic rings. The highest BCUT2D eigenvalue weighted by Crippen LogP contribution is 2.23. The van der Waals surface area contributed by atoms with Crippen LogP contribution in [0.15, 0.2) is 54.6 Å². The first-order chi connectivity index (χ1) is 12.1. The third-order valence-corrected chi connectivity index (χ3v) is 4.36. The summed E-state index contributed by atoms with van der Waals surface area (Å²) in [4.78, 5) is 14.4. The van der Waals surface area contributed by atoms with Crippen LogP contribution in [0.3, 0.4) is 0 Å². The zero-order valence-corrected chi connectivity index (χ0v) is 14.7. The van der Waals surface area contributed by atoms with Gasteiger partial charge in [-0.2, -0.15) is 0 Å². The lowest BCUT2D eigenvalue weighted by Crippen LogP contribution is -2.47. The van der Waals surface area contributed by atoms with Gasteiger partial charge in [0.15, 0.2) is 0 Å². The number of nitrogens with zero attached hydrogens (tertiary/aromatic N) is 1. The standard InChI is InChI=1S/C20H25N3O2/c1-15-14-25-16(2)13-23(15)19-10-8-18(9-11-19)22-20(24)21-12-17-6-4-3-5-7-17/h3-11,15-16H,12-14H2,1-2H3,(H2,21,22,24). The van der Waals surface area contributed by atoms with Gasteiger partial charge in [0.1, 0.15) is 0 Å². The number of carbonyl (C=O) groups is 1. The number of anilines is 2. The molecule has 25 heavy (non-hydrogen) atoms. The minimum Gasteiger partial charge on any atom is -0.375 e. The molecule has 0 spiro atoms. The summed E-state index contributed by atoms with van der Waals surface area (Å²) < 4.78 is 5.67. The van der Waals surface area contributed by atoms with Gasteiger partial charge in [0.05, 0.1) is 12.7 Å². The molecule has 132 valence electrons. The van der Waals surface area contributed by atoms with E-state index in [1.54, 1.807) is 0 Å². The van der Waals surface area contributed by atoms with Gasteiger partial charge in [0, 0.05) is 30.5 Å². The van der Waals surface area contributed by atoms with E-state index < -0.39 is 0 Å². The zero-order chi connectivity index (χ0) is 17.6. The van der Waals surface area contributed by atoms with Gasteiger partial charge in [0.25, 0.3) is 0 Å². The van der Waals surface area contributed by atoms with Crippen LogP contribution in [0.2, 0.25) is 0 Å². The van der Waals surface area contributed by atoms with Crippen molar-refractivity contribution in [1.29, 1.82) is 0 Å². The number of hydrogen-bond acceptors (Lipinski definition) is 3. The molecule has 2 unspecified atom stereocenters. The Labute approximate surface area is 149 Å². The van der Waals surface area contributed by atoms with Gasteiger partial charge >= 0.3 is 6.03 Å². The maximum Gasteiger partial charge on any atom is 0.319 e. The molecule has 2 atom stereocenters. The lowest BCUT2D eigenvalue weighted by Gasteiger charge is -2.38. The van der Waals surface area contributed by atoms with E-state index in [2.05, 4.69) is 29.4 Å². The number of ether oxygens (including phenoxy) is 1. The van der Waals surface area contributed by atoms with Crippen LogP contribution in [0.5, 0.6) is 0 Å². The van der Waals surface area contributed by atoms with Crippen LogP contribution in [-0.4, -0.2) is 31.3 Å². The second kappa shape index (κ2) is 8.03. The normalized spacial score (nSPS) is 20.2. The monoisotopic (exact) mass is 339 g/mol. The summed E-state index contributed by atoms with van der Waals surface area (Å²) in [5.41, 5.74) is 3.00. The van der Waals surface area contributed by atoms with Crippen molar-refractivity contribution in [2.24, 2.45) is 0 Å². The molecule has 1 aliphatic heterocycles. The topological polar surface area (TPSA) is 53.6 Å². The first-order valence-electron chi connectivity index (χ1n) is 8.69. The fourth-order valence-corrected chi connectivity index (χ4v) is 2.95. The molecule has 1 saturated heterocycles. The average molecular weight is 339 g/mol. The molecule has 0 radical (unpaired) electrons. The smallest absolute Gasteiger partial charge is 0.319 e. The third kappa shape index (κ3) is 4.73. The highest BCUT2D eigenvalue weighted by Gasteiger charge is 2.23. The summed E-state index contributed by atoms with van der Waals surface area (Å²) in [7, 11) is 0. The lowest BCUT2D eigenvalue weighted by atomic mass is 10.1. The van der Waals surface area contributed by atoms with E-state index in [1.807, 2.05) is 54.6 Å². The van der Waals surface area contributed by atoms with Crippen molar-refractivity contribution in [2.45, 2.75) is 32.5 Å². The molecule has 2 aromatic rings. The van der Waals surface area contributed by atoms with Gasteiger partial charge in [-0.1, -0.05) is 30.3 Å². The quantitative estimate of drug-likeness (QED) is 0.894. The van der Waals surface area contributed by atoms with Crippen molar-refractivity contribution < 1.29 is 9.53 Å². The van der Waals surface area contributed by atoms with Crippen LogP contribution in [0.1, 0.15) is 19.4 Å². The number of nitrogens with one attached hydrogen (secondary N) is 2. The van der Waals surface area contributed by atoms with Crippen LogP contribution in [0.4, 0.5) is 16.2 Å². The zero-order valence-electron chi connectivity index (χ0n) is 14.7. The Morgan fingerprint density at radius 1 is 1.12 bits per heavy atom. The SMILES string of the molecule is CC1CN(c2ccc(NC(=O)NCc3ccccc3)cc2)C(C)CO1. The number of amides is 2. The molecular formula is C20H25N3O2. The summed E-state index contributed by atoms with van der Waals surface area (Å²) in [6, 6.07) is 18.0. The Morgan fingerprint density at radius 2 is 1.84 bits per heavy atom. The van der Waals surface area contributed by atoms with E-state index in [0.29, 0.717) is 12.6 Å². The Balaban J connectivity index is 1.54. The minimum atomic E-state index is -0.204. The lowest BCUT2D eigenvalue weighted by molar-refractivity contribution is 0.0344. The van der Waals surface area contributed by atoms with Crippen LogP contribution in [0, 0.1) is 0 Å². The molecule has 5 heteroatoms. The van der Waals surface area contributed by atoms with Gasteiger partial charge in [-0.05, 0) is 43.7 Å². The molecule has 0 saturated carbocycles. The van der Waals surface area contributed by atoms with Crippen molar-refractivity contribution >= 4 is 17.4 Å². The Hall–Kier alpha value is -2.53. The van der Waals surface area contributed by atoms with Crippen LogP contribution >= 0.6 is 0 Å². The second-order valence-corrected chi connectivity index (χ2v) is 6.49. The van der Waals surface area contributed by atoms with Crippen LogP contribution in [-0.2, 0) is 11.3 Å². The summed E-state index contributed by atoms with van der Waals surface area (Å²) in [5, 5.41) is 5.73. The number of urea groups is 1. The van der Waals surface area contributed by atoms with Crippen molar-refractivity contribution in [1.82, 2.24) is 5.32 Å². The predicted molar refractivity (Wildman–Crippen MR) is 101 cm³/mol. The molecule has 2 N–H and O–H groups in total. The fourth-order valence-electron chi connectivity index (χ4n) is 2.95. The van der Waals surface area contributed by atoms with Gasteiger partial charge < -0.3 is 20.3 Å². The Bertz CT molecular complexity index is 688. The summed E-state index contributed by atoms with van der Waals surface area (Å²) >= 11 is 0. The maximum atomic E-state index is 12.0. The van der Waals surface area contributed by atoms with Crippen LogP contribution < -0.4 is 15.5 Å². The molecule has 0 aliphatic carbocycles. The first-order valence-corrected chi connectivity index (χ1v) is 8.69. The largest absolute Gasteiger partial charge is 0.375 e. The summed E-state index contributed by atoms with van der Waals surface area (Å²) in [5.74, 6) is 0. The predicted octanol–water partition coefficient (Wildman–Crippen LogP) is 3.62. The highest BCUT2D eigenvalue weighted by molar-refractivity contribution is 5.89. The molecule has 2 aromatic carbocycles. The van der Waals surface area contributed by atoms with Crippen molar-refractivity contribution in [3.8, 4) is 0 Å². The third-order valence-electron chi connectivity index (χ3n) is 4.36. The van der Waals surface area contributed by atoms with E-state index in [4.69, 9.17) is 4.74 Å². The number of hydrogen-bond donors (Lipinski definition) is 2. The number of morpholine rings is 1. The van der Waals surface area contributed by atoms with E-state index in [1.165, 1.54) is 0 Å². The van der Waals surface area contributed by atoms with E-state index >= 15 is 0 Å². The van der Waals surface area contributed by atoms with E-state index in [0.717, 1.165) is 30.1 Å². The molecule has 0 bridgehead atoms. The highest BCUT2D eigenvalue weighted by atomic mass is 16.5. The van der Waals surface area contributed by atoms with Crippen LogP contribution in [0.25, 0.3) is 0 Å². The minimum absolute atomic E-state index is 0.204. The molecule has 2 amide bonds. The number of benzene rings is 2. The van der Waals surface area contributed by atoms with E-state index in [-0.39, 0.29) is 12.1 Å².